The van der Waals surface area contributed by atoms with Gasteiger partial charge in [0.1, 0.15) is 0 Å². The third-order valence-corrected chi connectivity index (χ3v) is 0. The van der Waals surface area contributed by atoms with Crippen molar-refractivity contribution in [1.29, 1.82) is 0 Å². The molecule has 96 valence electrons. The van der Waals surface area contributed by atoms with Crippen molar-refractivity contribution in [2.24, 2.45) is 0 Å². The van der Waals surface area contributed by atoms with Gasteiger partial charge in [-0.3, -0.25) is 0 Å². The van der Waals surface area contributed by atoms with Crippen molar-refractivity contribution in [3.8, 4) is 0 Å². The molecule has 12 nitrogen and oxygen atoms in total. The first-order valence-electron chi connectivity index (χ1n) is 2.49. The van der Waals surface area contributed by atoms with E-state index in [1.165, 1.54) is 0 Å². The SMILES string of the molecule is O=C(O)O.O=C([O-])[O-].O=C([O-])[O-].O=C([O-])[O-].[Ca+2].[K+].[Mg+2].[Na+]. The minimum atomic E-state index is -2.33. The Morgan fingerprint density at radius 2 is 0.650 bits per heavy atom. The van der Waals surface area contributed by atoms with Crippen LogP contribution in [0.5, 0.6) is 0 Å². The minimum absolute atomic E-state index is 0. The molecule has 0 heterocycles. The van der Waals surface area contributed by atoms with Gasteiger partial charge >= 0.3 is 148 Å². The van der Waals surface area contributed by atoms with Crippen LogP contribution in [0.4, 0.5) is 19.2 Å². The third-order valence-electron chi connectivity index (χ3n) is 0. The summed E-state index contributed by atoms with van der Waals surface area (Å²) in [4.78, 5) is 33.6. The molecule has 0 aliphatic heterocycles. The van der Waals surface area contributed by atoms with E-state index in [9.17, 15) is 0 Å². The Hall–Kier alpha value is 1.74. The average molecular weight is 369 g/mol. The largest absolute Gasteiger partial charge is 2.00 e. The smallest absolute Gasteiger partial charge is 0.652 e. The maximum Gasteiger partial charge on any atom is 2.00 e. The number of hydrogen-bond donors (Lipinski definition) is 2. The van der Waals surface area contributed by atoms with Gasteiger partial charge in [-0.25, -0.2) is 4.79 Å². The van der Waals surface area contributed by atoms with Crippen LogP contribution in [0.25, 0.3) is 0 Å². The van der Waals surface area contributed by atoms with Crippen molar-refractivity contribution in [3.63, 3.8) is 0 Å². The summed E-state index contributed by atoms with van der Waals surface area (Å²) < 4.78 is 0. The summed E-state index contributed by atoms with van der Waals surface area (Å²) in [5, 5.41) is 63.9. The van der Waals surface area contributed by atoms with Gasteiger partial charge in [0.2, 0.25) is 0 Å². The predicted octanol–water partition coefficient (Wildman–Crippen LogP) is -13.9. The molecule has 0 radical (unpaired) electrons. The molecule has 20 heavy (non-hydrogen) atoms. The zero-order valence-corrected chi connectivity index (χ0v) is 19.1. The number of carboxylic acid groups (broad SMARTS) is 8. The van der Waals surface area contributed by atoms with Crippen LogP contribution >= 0.6 is 0 Å². The molecule has 0 amide bonds. The first-order valence-corrected chi connectivity index (χ1v) is 2.49. The maximum absolute atomic E-state index is 8.56. The molecular weight excluding hydrogens is 367 g/mol. The molecule has 0 aliphatic carbocycles. The van der Waals surface area contributed by atoms with Gasteiger partial charge < -0.3 is 55.2 Å². The van der Waals surface area contributed by atoms with Crippen LogP contribution in [0.3, 0.4) is 0 Å². The van der Waals surface area contributed by atoms with E-state index < -0.39 is 24.6 Å². The molecule has 2 N–H and O–H groups in total. The second kappa shape index (κ2) is 42.8. The van der Waals surface area contributed by atoms with E-state index >= 15 is 0 Å². The summed E-state index contributed by atoms with van der Waals surface area (Å²) in [6.07, 6.45) is -8.83. The molecule has 0 saturated heterocycles. The molecular formula is C4H2CaKMgNaO12. The average Bonchev–Trinajstić information content (AvgIpc) is 1.76. The predicted molar refractivity (Wildman–Crippen MR) is 38.3 cm³/mol. The Labute approximate surface area is 222 Å². The molecule has 0 aliphatic rings. The number of hydrogen-bond acceptors (Lipinski definition) is 10. The van der Waals surface area contributed by atoms with Crippen molar-refractivity contribution in [2.45, 2.75) is 0 Å². The third kappa shape index (κ3) is 2280. The van der Waals surface area contributed by atoms with Crippen molar-refractivity contribution in [2.75, 3.05) is 0 Å². The molecule has 0 fully saturated rings. The van der Waals surface area contributed by atoms with Gasteiger partial charge in [0.15, 0.2) is 0 Å². The van der Waals surface area contributed by atoms with Crippen molar-refractivity contribution in [3.05, 3.63) is 0 Å². The standard InChI is InChI=1S/4CH2O3.Ca.K.Mg.Na/c4*2-1(3)4;;;;/h4*(H2,2,3,4);;;;/q;;;;+2;+1;+2;+1/p-6. The molecule has 0 rings (SSSR count). The molecule has 0 bridgehead atoms. The first kappa shape index (κ1) is 49.5. The Bertz CT molecular complexity index is 175. The van der Waals surface area contributed by atoms with E-state index in [4.69, 9.17) is 60.0 Å². The second-order valence-electron chi connectivity index (χ2n) is 1.03. The van der Waals surface area contributed by atoms with Gasteiger partial charge in [0, 0.05) is 0 Å². The van der Waals surface area contributed by atoms with E-state index in [0.29, 0.717) is 0 Å². The van der Waals surface area contributed by atoms with Crippen LogP contribution in [-0.2, 0) is 0 Å². The second-order valence-corrected chi connectivity index (χ2v) is 1.03. The molecule has 0 saturated carbocycles. The molecule has 0 aromatic carbocycles. The quantitative estimate of drug-likeness (QED) is 0.378. The Morgan fingerprint density at radius 1 is 0.650 bits per heavy atom. The van der Waals surface area contributed by atoms with Crippen LogP contribution in [0, 0.1) is 0 Å². The van der Waals surface area contributed by atoms with Gasteiger partial charge in [-0.15, -0.1) is 0 Å². The fourth-order valence-corrected chi connectivity index (χ4v) is 0. The molecule has 0 atom stereocenters. The first-order chi connectivity index (χ1) is 6.93. The molecule has 0 unspecified atom stereocenters. The van der Waals surface area contributed by atoms with E-state index in [-0.39, 0.29) is 142 Å². The summed E-state index contributed by atoms with van der Waals surface area (Å²) in [5.74, 6) is 0. The van der Waals surface area contributed by atoms with Crippen LogP contribution < -0.4 is 112 Å². The summed E-state index contributed by atoms with van der Waals surface area (Å²) in [5.41, 5.74) is 0. The number of rotatable bonds is 0. The normalized spacial score (nSPS) is 4.80. The molecule has 0 aromatic heterocycles. The Morgan fingerprint density at radius 3 is 0.650 bits per heavy atom. The number of carbonyl (C=O) groups excluding carboxylic acids is 3. The maximum atomic E-state index is 8.56. The Kier molecular flexibility index (Phi) is 106. The van der Waals surface area contributed by atoms with Gasteiger partial charge in [0.25, 0.3) is 0 Å². The monoisotopic (exact) mass is 368 g/mol. The summed E-state index contributed by atoms with van der Waals surface area (Å²) in [6, 6.07) is 0. The minimum Gasteiger partial charge on any atom is -0.652 e. The molecule has 0 aromatic rings. The van der Waals surface area contributed by atoms with Gasteiger partial charge in [0.05, 0.1) is 0 Å². The number of carbonyl (C=O) groups is 4. The zero-order chi connectivity index (χ0) is 14.3. The van der Waals surface area contributed by atoms with Crippen LogP contribution in [0.15, 0.2) is 0 Å². The van der Waals surface area contributed by atoms with Crippen molar-refractivity contribution in [1.82, 2.24) is 0 Å². The summed E-state index contributed by atoms with van der Waals surface area (Å²) >= 11 is 0. The van der Waals surface area contributed by atoms with Crippen molar-refractivity contribution >= 4 is 85.4 Å². The van der Waals surface area contributed by atoms with E-state index in [1.807, 2.05) is 0 Å². The van der Waals surface area contributed by atoms with Gasteiger partial charge in [-0.05, 0) is 18.5 Å². The Balaban J connectivity index is -0.0000000150. The topological polar surface area (TPSA) is 247 Å². The fourth-order valence-electron chi connectivity index (χ4n) is 0. The zero-order valence-electron chi connectivity index (χ0n) is 10.4. The van der Waals surface area contributed by atoms with Crippen LogP contribution in [0.2, 0.25) is 0 Å². The molecule has 0 spiro atoms. The van der Waals surface area contributed by atoms with E-state index in [2.05, 4.69) is 0 Å². The van der Waals surface area contributed by atoms with E-state index in [0.717, 1.165) is 0 Å². The molecule has 16 heteroatoms. The van der Waals surface area contributed by atoms with E-state index in [1.54, 1.807) is 0 Å². The fraction of sp³-hybridized carbons (Fsp3) is 0. The van der Waals surface area contributed by atoms with Crippen LogP contribution in [0.1, 0.15) is 0 Å². The summed E-state index contributed by atoms with van der Waals surface area (Å²) in [6.45, 7) is 0. The van der Waals surface area contributed by atoms with Crippen molar-refractivity contribution < 1.29 is 141 Å². The van der Waals surface area contributed by atoms with Crippen LogP contribution in [-0.4, -0.2) is 95.6 Å². The van der Waals surface area contributed by atoms with Gasteiger partial charge in [-0.2, -0.15) is 0 Å². The van der Waals surface area contributed by atoms with Gasteiger partial charge in [-0.1, -0.05) is 0 Å². The summed E-state index contributed by atoms with van der Waals surface area (Å²) in [7, 11) is 0.